The Morgan fingerprint density at radius 3 is 2.69 bits per heavy atom. The molecule has 1 saturated carbocycles. The first-order valence-corrected chi connectivity index (χ1v) is 11.8. The quantitative estimate of drug-likeness (QED) is 0.414. The lowest BCUT2D eigenvalue weighted by atomic mass is 10.0. The van der Waals surface area contributed by atoms with Crippen LogP contribution in [-0.4, -0.2) is 39.4 Å². The van der Waals surface area contributed by atoms with Crippen LogP contribution in [0.2, 0.25) is 0 Å². The summed E-state index contributed by atoms with van der Waals surface area (Å²) in [5.41, 5.74) is 3.98. The van der Waals surface area contributed by atoms with Gasteiger partial charge in [-0.05, 0) is 61.7 Å². The number of rotatable bonds is 3. The second kappa shape index (κ2) is 8.23. The van der Waals surface area contributed by atoms with E-state index in [4.69, 9.17) is 4.74 Å². The molecule has 1 aliphatic heterocycles. The molecular weight excluding hydrogens is 442 g/mol. The molecule has 2 aromatic carbocycles. The van der Waals surface area contributed by atoms with Gasteiger partial charge in [0.1, 0.15) is 5.75 Å². The number of carbonyl (C=O) groups is 2. The highest BCUT2D eigenvalue weighted by Gasteiger charge is 2.35. The maximum absolute atomic E-state index is 13.5. The van der Waals surface area contributed by atoms with Gasteiger partial charge in [0.25, 0.3) is 0 Å². The zero-order valence-corrected chi connectivity index (χ0v) is 19.6. The van der Waals surface area contributed by atoms with Crippen molar-refractivity contribution in [1.82, 2.24) is 14.8 Å². The summed E-state index contributed by atoms with van der Waals surface area (Å²) in [6.07, 6.45) is 7.41. The lowest BCUT2D eigenvalue weighted by Gasteiger charge is -2.40. The Hall–Kier alpha value is -4.20. The first-order valence-electron chi connectivity index (χ1n) is 11.8. The minimum Gasteiger partial charge on any atom is -0.409 e. The summed E-state index contributed by atoms with van der Waals surface area (Å²) in [6.45, 7) is 3.80. The van der Waals surface area contributed by atoms with Gasteiger partial charge in [0.05, 0.1) is 35.2 Å². The number of nitrogens with zero attached hydrogens (tertiary/aromatic N) is 5. The molecular formula is C27H25N5O3. The molecule has 3 heterocycles. The lowest BCUT2D eigenvalue weighted by Crippen LogP contribution is -2.52. The molecule has 0 radical (unpaired) electrons. The normalized spacial score (nSPS) is 17.4. The molecule has 0 bridgehead atoms. The van der Waals surface area contributed by atoms with E-state index in [0.29, 0.717) is 29.7 Å². The van der Waals surface area contributed by atoms with Gasteiger partial charge in [0, 0.05) is 36.8 Å². The minimum atomic E-state index is -0.497. The summed E-state index contributed by atoms with van der Waals surface area (Å²) in [4.78, 5) is 33.7. The van der Waals surface area contributed by atoms with Crippen molar-refractivity contribution in [3.05, 3.63) is 67.1 Å². The van der Waals surface area contributed by atoms with Crippen LogP contribution < -0.4 is 14.5 Å². The van der Waals surface area contributed by atoms with Gasteiger partial charge in [0.15, 0.2) is 0 Å². The third-order valence-corrected chi connectivity index (χ3v) is 6.63. The van der Waals surface area contributed by atoms with Crippen molar-refractivity contribution in [1.29, 1.82) is 0 Å². The van der Waals surface area contributed by atoms with Crippen LogP contribution in [0.25, 0.3) is 22.0 Å². The minimum absolute atomic E-state index is 0.0683. The largest absolute Gasteiger partial charge is 0.419 e. The molecule has 8 heteroatoms. The van der Waals surface area contributed by atoms with Crippen LogP contribution in [0.15, 0.2) is 67.1 Å². The van der Waals surface area contributed by atoms with Crippen molar-refractivity contribution in [2.75, 3.05) is 16.3 Å². The number of amides is 2. The molecule has 2 aromatic heterocycles. The van der Waals surface area contributed by atoms with E-state index in [1.54, 1.807) is 29.0 Å². The third kappa shape index (κ3) is 3.80. The molecule has 8 nitrogen and oxygen atoms in total. The van der Waals surface area contributed by atoms with E-state index < -0.39 is 6.09 Å². The van der Waals surface area contributed by atoms with Crippen molar-refractivity contribution >= 4 is 34.3 Å². The second-order valence-corrected chi connectivity index (χ2v) is 9.19. The summed E-state index contributed by atoms with van der Waals surface area (Å²) in [7, 11) is 0. The number of hydrogen-bond acceptors (Lipinski definition) is 5. The number of pyridine rings is 1. The van der Waals surface area contributed by atoms with Gasteiger partial charge in [-0.25, -0.2) is 4.79 Å². The molecule has 6 rings (SSSR count). The molecule has 176 valence electrons. The fraction of sp³-hybridized carbons (Fsp3) is 0.259. The Morgan fingerprint density at radius 1 is 1.03 bits per heavy atom. The van der Waals surface area contributed by atoms with E-state index in [1.165, 1.54) is 0 Å². The van der Waals surface area contributed by atoms with E-state index in [1.807, 2.05) is 66.5 Å². The molecule has 35 heavy (non-hydrogen) atoms. The molecule has 0 saturated heterocycles. The fourth-order valence-electron chi connectivity index (χ4n) is 4.80. The molecule has 2 aliphatic rings. The van der Waals surface area contributed by atoms with Crippen LogP contribution in [0, 0.1) is 0 Å². The molecule has 0 N–H and O–H groups in total. The van der Waals surface area contributed by atoms with Crippen molar-refractivity contribution in [2.24, 2.45) is 0 Å². The average Bonchev–Trinajstić information content (AvgIpc) is 3.59. The maximum atomic E-state index is 13.5. The topological polar surface area (TPSA) is 80.6 Å². The number of anilines is 2. The monoisotopic (exact) mass is 467 g/mol. The van der Waals surface area contributed by atoms with E-state index in [-0.39, 0.29) is 11.9 Å². The zero-order chi connectivity index (χ0) is 24.1. The summed E-state index contributed by atoms with van der Waals surface area (Å²) in [5.74, 6) is 0.381. The van der Waals surface area contributed by atoms with Gasteiger partial charge < -0.3 is 9.64 Å². The van der Waals surface area contributed by atoms with Gasteiger partial charge in [-0.1, -0.05) is 12.1 Å². The average molecular weight is 468 g/mol. The first-order chi connectivity index (χ1) is 17.0. The van der Waals surface area contributed by atoms with Crippen LogP contribution in [0.1, 0.15) is 32.7 Å². The molecule has 0 spiro atoms. The van der Waals surface area contributed by atoms with Gasteiger partial charge in [0.2, 0.25) is 5.91 Å². The number of fused-ring (bicyclic) bond motifs is 2. The number of hydrogen-bond donors (Lipinski definition) is 0. The van der Waals surface area contributed by atoms with Gasteiger partial charge >= 0.3 is 6.09 Å². The third-order valence-electron chi connectivity index (χ3n) is 6.63. The standard InChI is InChI=1S/C27H25N5O3/c1-17-15-30(27(34)35-26-7-3-6-23-22(26)5-4-12-28-23)25-13-19(8-11-24(25)32(17)18(2)33)20-14-29-31(16-20)21-9-10-21/h3-8,11-14,16-17,21H,9-10,15H2,1-2H3/t17-/m0/s1. The molecule has 0 unspecified atom stereocenters. The maximum Gasteiger partial charge on any atom is 0.419 e. The summed E-state index contributed by atoms with van der Waals surface area (Å²) < 4.78 is 7.88. The van der Waals surface area contributed by atoms with Crippen LogP contribution in [-0.2, 0) is 4.79 Å². The van der Waals surface area contributed by atoms with Crippen molar-refractivity contribution in [2.45, 2.75) is 38.8 Å². The lowest BCUT2D eigenvalue weighted by molar-refractivity contribution is -0.117. The molecule has 1 aliphatic carbocycles. The summed E-state index contributed by atoms with van der Waals surface area (Å²) in [5, 5.41) is 5.27. The highest BCUT2D eigenvalue weighted by Crippen LogP contribution is 2.40. The highest BCUT2D eigenvalue weighted by atomic mass is 16.6. The fourth-order valence-corrected chi connectivity index (χ4v) is 4.80. The predicted molar refractivity (Wildman–Crippen MR) is 134 cm³/mol. The van der Waals surface area contributed by atoms with E-state index >= 15 is 0 Å². The zero-order valence-electron chi connectivity index (χ0n) is 19.6. The van der Waals surface area contributed by atoms with Crippen molar-refractivity contribution in [3.8, 4) is 16.9 Å². The Morgan fingerprint density at radius 2 is 1.89 bits per heavy atom. The number of benzene rings is 2. The summed E-state index contributed by atoms with van der Waals surface area (Å²) in [6, 6.07) is 15.3. The second-order valence-electron chi connectivity index (χ2n) is 9.19. The van der Waals surface area contributed by atoms with Crippen LogP contribution in [0.4, 0.5) is 16.2 Å². The van der Waals surface area contributed by atoms with Gasteiger partial charge in [-0.15, -0.1) is 0 Å². The number of ether oxygens (including phenoxy) is 1. The van der Waals surface area contributed by atoms with E-state index in [9.17, 15) is 9.59 Å². The van der Waals surface area contributed by atoms with Crippen molar-refractivity contribution in [3.63, 3.8) is 0 Å². The Kier molecular flexibility index (Phi) is 5.02. The van der Waals surface area contributed by atoms with Gasteiger partial charge in [-0.2, -0.15) is 5.10 Å². The SMILES string of the molecule is CC(=O)N1c2ccc(-c3cnn(C4CC4)c3)cc2N(C(=O)Oc2cccc3ncccc23)C[C@@H]1C. The first kappa shape index (κ1) is 21.3. The van der Waals surface area contributed by atoms with Crippen molar-refractivity contribution < 1.29 is 14.3 Å². The highest BCUT2D eigenvalue weighted by molar-refractivity contribution is 6.04. The van der Waals surface area contributed by atoms with E-state index in [2.05, 4.69) is 10.1 Å². The number of carbonyl (C=O) groups excluding carboxylic acids is 2. The molecule has 4 aromatic rings. The van der Waals surface area contributed by atoms with Crippen LogP contribution in [0.3, 0.4) is 0 Å². The van der Waals surface area contributed by atoms with E-state index in [0.717, 1.165) is 34.9 Å². The Labute approximate surface area is 202 Å². The Bertz CT molecular complexity index is 1450. The molecule has 1 fully saturated rings. The number of aromatic nitrogens is 3. The molecule has 2 amide bonds. The summed E-state index contributed by atoms with van der Waals surface area (Å²) >= 11 is 0. The smallest absolute Gasteiger partial charge is 0.409 e. The molecule has 1 atom stereocenters. The Balaban J connectivity index is 1.39. The van der Waals surface area contributed by atoms with Crippen LogP contribution >= 0.6 is 0 Å². The van der Waals surface area contributed by atoms with Crippen LogP contribution in [0.5, 0.6) is 5.75 Å². The van der Waals surface area contributed by atoms with Gasteiger partial charge in [-0.3, -0.25) is 19.4 Å². The predicted octanol–water partition coefficient (Wildman–Crippen LogP) is 5.19.